The lowest BCUT2D eigenvalue weighted by molar-refractivity contribution is -0.120. The third kappa shape index (κ3) is 4.73. The predicted molar refractivity (Wildman–Crippen MR) is 122 cm³/mol. The summed E-state index contributed by atoms with van der Waals surface area (Å²) in [5.41, 5.74) is 3.12. The van der Waals surface area contributed by atoms with E-state index in [1.807, 2.05) is 32.0 Å². The zero-order chi connectivity index (χ0) is 22.9. The number of aromatic amines is 1. The Morgan fingerprint density at radius 3 is 2.38 bits per heavy atom. The first kappa shape index (κ1) is 22.5. The first-order valence-electron chi connectivity index (χ1n) is 11.1. The van der Waals surface area contributed by atoms with Gasteiger partial charge in [-0.3, -0.25) is 9.59 Å². The summed E-state index contributed by atoms with van der Waals surface area (Å²) in [6, 6.07) is 7.25. The Balaban J connectivity index is 1.45. The molecule has 32 heavy (non-hydrogen) atoms. The molecule has 0 aliphatic carbocycles. The lowest BCUT2D eigenvalue weighted by Crippen LogP contribution is -2.43. The number of hydrogen-bond donors (Lipinski definition) is 2. The molecule has 4 rings (SSSR count). The van der Waals surface area contributed by atoms with Crippen molar-refractivity contribution < 1.29 is 18.0 Å². The molecule has 2 aliphatic rings. The van der Waals surface area contributed by atoms with Gasteiger partial charge in [0, 0.05) is 38.1 Å². The topological polar surface area (TPSA) is 103 Å². The molecule has 2 fully saturated rings. The SMILES string of the molecule is Cc1cc(C)cc(NC(=O)C2CCCN(S(=O)(=O)c3c[nH]c(C(=O)N4CCCC4)c3)C2)c1. The molecular weight excluding hydrogens is 428 g/mol. The van der Waals surface area contributed by atoms with Crippen molar-refractivity contribution in [3.63, 3.8) is 0 Å². The number of carbonyl (C=O) groups excluding carboxylic acids is 2. The van der Waals surface area contributed by atoms with Crippen LogP contribution >= 0.6 is 0 Å². The maximum Gasteiger partial charge on any atom is 0.270 e. The van der Waals surface area contributed by atoms with Gasteiger partial charge in [0.25, 0.3) is 5.91 Å². The zero-order valence-electron chi connectivity index (χ0n) is 18.6. The Morgan fingerprint density at radius 2 is 1.69 bits per heavy atom. The summed E-state index contributed by atoms with van der Waals surface area (Å²) >= 11 is 0. The largest absolute Gasteiger partial charge is 0.356 e. The van der Waals surface area contributed by atoms with Crippen LogP contribution in [-0.2, 0) is 14.8 Å². The van der Waals surface area contributed by atoms with Gasteiger partial charge in [0.2, 0.25) is 15.9 Å². The molecular formula is C23H30N4O4S. The summed E-state index contributed by atoms with van der Waals surface area (Å²) in [5.74, 6) is -0.772. The summed E-state index contributed by atoms with van der Waals surface area (Å²) in [4.78, 5) is 30.0. The number of sulfonamides is 1. The van der Waals surface area contributed by atoms with Crippen LogP contribution in [-0.4, -0.2) is 60.6 Å². The zero-order valence-corrected chi connectivity index (χ0v) is 19.4. The highest BCUT2D eigenvalue weighted by Gasteiger charge is 2.34. The number of aromatic nitrogens is 1. The second-order valence-electron chi connectivity index (χ2n) is 8.82. The molecule has 0 bridgehead atoms. The van der Waals surface area contributed by atoms with Crippen LogP contribution in [0.3, 0.4) is 0 Å². The first-order valence-corrected chi connectivity index (χ1v) is 12.5. The van der Waals surface area contributed by atoms with Crippen LogP contribution in [0.2, 0.25) is 0 Å². The molecule has 172 valence electrons. The van der Waals surface area contributed by atoms with E-state index in [2.05, 4.69) is 10.3 Å². The Kier molecular flexibility index (Phi) is 6.39. The average molecular weight is 459 g/mol. The third-order valence-electron chi connectivity index (χ3n) is 6.16. The van der Waals surface area contributed by atoms with Gasteiger partial charge in [0.15, 0.2) is 0 Å². The lowest BCUT2D eigenvalue weighted by atomic mass is 9.98. The van der Waals surface area contributed by atoms with Crippen molar-refractivity contribution in [2.24, 2.45) is 5.92 Å². The molecule has 8 nitrogen and oxygen atoms in total. The van der Waals surface area contributed by atoms with E-state index < -0.39 is 15.9 Å². The van der Waals surface area contributed by atoms with Crippen LogP contribution in [0.15, 0.2) is 35.4 Å². The van der Waals surface area contributed by atoms with Crippen LogP contribution < -0.4 is 5.32 Å². The van der Waals surface area contributed by atoms with E-state index in [1.165, 1.54) is 16.6 Å². The number of H-pyrrole nitrogens is 1. The molecule has 1 unspecified atom stereocenters. The van der Waals surface area contributed by atoms with Crippen LogP contribution in [0.5, 0.6) is 0 Å². The fourth-order valence-electron chi connectivity index (χ4n) is 4.55. The lowest BCUT2D eigenvalue weighted by Gasteiger charge is -2.31. The Morgan fingerprint density at radius 1 is 1.00 bits per heavy atom. The standard InChI is InChI=1S/C23H30N4O4S/c1-16-10-17(2)12-19(11-16)25-22(28)18-6-5-9-27(15-18)32(30,31)20-13-21(24-14-20)23(29)26-7-3-4-8-26/h10-14,18,24H,3-9,15H2,1-2H3,(H,25,28). The van der Waals surface area contributed by atoms with Crippen LogP contribution in [0.25, 0.3) is 0 Å². The number of amides is 2. The van der Waals surface area contributed by atoms with Crippen molar-refractivity contribution in [1.29, 1.82) is 0 Å². The maximum atomic E-state index is 13.2. The first-order chi connectivity index (χ1) is 15.2. The van der Waals surface area contributed by atoms with Gasteiger partial charge in [-0.2, -0.15) is 4.31 Å². The molecule has 1 aromatic heterocycles. The van der Waals surface area contributed by atoms with Gasteiger partial charge in [0.1, 0.15) is 10.6 Å². The Bertz CT molecular complexity index is 1100. The molecule has 1 atom stereocenters. The molecule has 0 saturated carbocycles. The van der Waals surface area contributed by atoms with Gasteiger partial charge in [-0.1, -0.05) is 6.07 Å². The van der Waals surface area contributed by atoms with E-state index in [0.717, 1.165) is 29.7 Å². The molecule has 0 spiro atoms. The minimum atomic E-state index is -3.80. The Hall–Kier alpha value is -2.65. The third-order valence-corrected chi connectivity index (χ3v) is 8.01. The van der Waals surface area contributed by atoms with Crippen molar-refractivity contribution in [1.82, 2.24) is 14.2 Å². The highest BCUT2D eigenvalue weighted by Crippen LogP contribution is 2.26. The smallest absolute Gasteiger partial charge is 0.270 e. The predicted octanol–water partition coefficient (Wildman–Crippen LogP) is 2.91. The van der Waals surface area contributed by atoms with E-state index in [9.17, 15) is 18.0 Å². The number of nitrogens with one attached hydrogen (secondary N) is 2. The molecule has 9 heteroatoms. The molecule has 2 saturated heterocycles. The fourth-order valence-corrected chi connectivity index (χ4v) is 6.07. The number of likely N-dealkylation sites (tertiary alicyclic amines) is 1. The number of anilines is 1. The second kappa shape index (κ2) is 9.07. The van der Waals surface area contributed by atoms with Crippen LogP contribution in [0.1, 0.15) is 47.3 Å². The number of carbonyl (C=O) groups is 2. The molecule has 2 aromatic rings. The van der Waals surface area contributed by atoms with Gasteiger partial charge in [0.05, 0.1) is 5.92 Å². The minimum Gasteiger partial charge on any atom is -0.356 e. The van der Waals surface area contributed by atoms with Crippen molar-refractivity contribution in [3.8, 4) is 0 Å². The van der Waals surface area contributed by atoms with Gasteiger partial charge >= 0.3 is 0 Å². The van der Waals surface area contributed by atoms with Gasteiger partial charge in [-0.25, -0.2) is 8.42 Å². The summed E-state index contributed by atoms with van der Waals surface area (Å²) in [7, 11) is -3.80. The number of benzene rings is 1. The molecule has 2 amide bonds. The quantitative estimate of drug-likeness (QED) is 0.719. The number of rotatable bonds is 5. The van der Waals surface area contributed by atoms with E-state index >= 15 is 0 Å². The number of hydrogen-bond acceptors (Lipinski definition) is 4. The fraction of sp³-hybridized carbons (Fsp3) is 0.478. The van der Waals surface area contributed by atoms with E-state index in [4.69, 9.17) is 0 Å². The summed E-state index contributed by atoms with van der Waals surface area (Å²) in [6.45, 7) is 5.82. The number of aryl methyl sites for hydroxylation is 2. The van der Waals surface area contributed by atoms with Crippen LogP contribution in [0, 0.1) is 19.8 Å². The molecule has 1 aromatic carbocycles. The van der Waals surface area contributed by atoms with E-state index in [0.29, 0.717) is 32.5 Å². The van der Waals surface area contributed by atoms with Gasteiger partial charge in [-0.05, 0) is 68.9 Å². The molecule has 0 radical (unpaired) electrons. The van der Waals surface area contributed by atoms with E-state index in [-0.39, 0.29) is 28.9 Å². The average Bonchev–Trinajstić information content (AvgIpc) is 3.45. The van der Waals surface area contributed by atoms with Gasteiger partial charge in [-0.15, -0.1) is 0 Å². The Labute approximate surface area is 189 Å². The second-order valence-corrected chi connectivity index (χ2v) is 10.8. The minimum absolute atomic E-state index is 0.0652. The number of piperidine rings is 1. The highest BCUT2D eigenvalue weighted by atomic mass is 32.2. The van der Waals surface area contributed by atoms with Crippen LogP contribution in [0.4, 0.5) is 5.69 Å². The molecule has 3 heterocycles. The molecule has 2 aliphatic heterocycles. The summed E-state index contributed by atoms with van der Waals surface area (Å²) in [6.07, 6.45) is 4.55. The van der Waals surface area contributed by atoms with Crippen molar-refractivity contribution in [2.45, 2.75) is 44.4 Å². The highest BCUT2D eigenvalue weighted by molar-refractivity contribution is 7.89. The number of nitrogens with zero attached hydrogens (tertiary/aromatic N) is 2. The van der Waals surface area contributed by atoms with Gasteiger partial charge < -0.3 is 15.2 Å². The summed E-state index contributed by atoms with van der Waals surface area (Å²) < 4.78 is 27.8. The monoisotopic (exact) mass is 458 g/mol. The molecule has 2 N–H and O–H groups in total. The van der Waals surface area contributed by atoms with Crippen molar-refractivity contribution >= 4 is 27.5 Å². The van der Waals surface area contributed by atoms with Crippen molar-refractivity contribution in [2.75, 3.05) is 31.5 Å². The maximum absolute atomic E-state index is 13.2. The van der Waals surface area contributed by atoms with E-state index in [1.54, 1.807) is 4.90 Å². The normalized spacial score (nSPS) is 19.8. The summed E-state index contributed by atoms with van der Waals surface area (Å²) in [5, 5.41) is 2.94. The van der Waals surface area contributed by atoms with Crippen molar-refractivity contribution in [3.05, 3.63) is 47.3 Å².